The average Bonchev–Trinajstić information content (AvgIpc) is 2.62. The number of anilines is 2. The highest BCUT2D eigenvalue weighted by Crippen LogP contribution is 2.39. The van der Waals surface area contributed by atoms with Crippen molar-refractivity contribution in [1.29, 1.82) is 0 Å². The van der Waals surface area contributed by atoms with E-state index in [0.717, 1.165) is 22.5 Å². The van der Waals surface area contributed by atoms with Gasteiger partial charge in [-0.2, -0.15) is 0 Å². The third kappa shape index (κ3) is 4.35. The fourth-order valence-corrected chi connectivity index (χ4v) is 4.97. The highest BCUT2D eigenvalue weighted by Gasteiger charge is 2.21. The first-order valence-corrected chi connectivity index (χ1v) is 10.9. The molecule has 0 aliphatic rings. The average molecular weight is 418 g/mol. The summed E-state index contributed by atoms with van der Waals surface area (Å²) in [5.41, 5.74) is 2.56. The molecule has 0 aliphatic carbocycles. The summed E-state index contributed by atoms with van der Waals surface area (Å²) in [6.45, 7) is 1.91. The second-order valence-corrected chi connectivity index (χ2v) is 9.51. The summed E-state index contributed by atoms with van der Waals surface area (Å²) in [4.78, 5) is 6.48. The molecule has 140 valence electrons. The molecule has 3 rings (SSSR count). The fourth-order valence-electron chi connectivity index (χ4n) is 2.56. The van der Waals surface area contributed by atoms with Gasteiger partial charge in [0.25, 0.3) is 10.0 Å². The zero-order valence-corrected chi connectivity index (χ0v) is 17.6. The van der Waals surface area contributed by atoms with E-state index >= 15 is 0 Å². The van der Waals surface area contributed by atoms with Crippen LogP contribution in [-0.2, 0) is 10.0 Å². The van der Waals surface area contributed by atoms with Gasteiger partial charge in [0.05, 0.1) is 10.5 Å². The van der Waals surface area contributed by atoms with Crippen LogP contribution in [0.5, 0.6) is 0 Å². The van der Waals surface area contributed by atoms with Crippen molar-refractivity contribution in [3.63, 3.8) is 0 Å². The molecule has 1 aromatic heterocycles. The molecule has 0 saturated heterocycles. The molecule has 0 fully saturated rings. The molecule has 0 unspecified atom stereocenters. The smallest absolute Gasteiger partial charge is 0.262 e. The number of hydrogen-bond acceptors (Lipinski definition) is 6. The third-order valence-electron chi connectivity index (χ3n) is 3.88. The van der Waals surface area contributed by atoms with E-state index in [1.165, 1.54) is 0 Å². The van der Waals surface area contributed by atoms with Crippen LogP contribution in [0.3, 0.4) is 0 Å². The van der Waals surface area contributed by atoms with Crippen molar-refractivity contribution in [2.24, 2.45) is 0 Å². The molecule has 0 amide bonds. The van der Waals surface area contributed by atoms with Crippen LogP contribution < -0.4 is 9.62 Å². The topological polar surface area (TPSA) is 62.3 Å². The van der Waals surface area contributed by atoms with Crippen LogP contribution in [0.2, 0.25) is 0 Å². The van der Waals surface area contributed by atoms with Gasteiger partial charge in [0.1, 0.15) is 10.8 Å². The van der Waals surface area contributed by atoms with Crippen LogP contribution in [0.4, 0.5) is 10.8 Å². The molecule has 3 aromatic rings. The Hall–Kier alpha value is -2.29. The van der Waals surface area contributed by atoms with Gasteiger partial charge >= 0.3 is 0 Å². The second kappa shape index (κ2) is 7.75. The lowest BCUT2D eigenvalue weighted by Crippen LogP contribution is -2.16. The van der Waals surface area contributed by atoms with Gasteiger partial charge < -0.3 is 4.90 Å². The molecule has 0 atom stereocenters. The fraction of sp³-hybridized carbons (Fsp3) is 0.158. The van der Waals surface area contributed by atoms with Gasteiger partial charge in [0, 0.05) is 14.1 Å². The van der Waals surface area contributed by atoms with E-state index in [2.05, 4.69) is 9.71 Å². The summed E-state index contributed by atoms with van der Waals surface area (Å²) in [5.74, 6) is 0.617. The normalized spacial score (nSPS) is 11.2. The van der Waals surface area contributed by atoms with E-state index in [1.807, 2.05) is 56.3 Å². The van der Waals surface area contributed by atoms with Crippen molar-refractivity contribution in [3.8, 4) is 11.1 Å². The summed E-state index contributed by atoms with van der Waals surface area (Å²) >= 11 is 6.43. The Morgan fingerprint density at radius 1 is 1.04 bits per heavy atom. The Kier molecular flexibility index (Phi) is 5.59. The van der Waals surface area contributed by atoms with E-state index in [9.17, 15) is 8.42 Å². The number of hydrogen-bond donors (Lipinski definition) is 1. The van der Waals surface area contributed by atoms with Crippen LogP contribution in [0.15, 0.2) is 59.5 Å². The highest BCUT2D eigenvalue weighted by molar-refractivity contribution is 7.93. The number of aromatic nitrogens is 1. The molecule has 0 aliphatic heterocycles. The monoisotopic (exact) mass is 417 g/mol. The molecule has 1 N–H and O–H groups in total. The number of nitrogens with zero attached hydrogens (tertiary/aromatic N) is 2. The number of sulfonamides is 1. The van der Waals surface area contributed by atoms with Crippen molar-refractivity contribution in [2.75, 3.05) is 23.7 Å². The standard InChI is InChI=1S/C19H19N3O2S3/c1-13-9-11-15(12-10-13)27(23,24)21-18-16(14-7-5-4-6-8-14)17(22(2)3)20-19(25)26-18/h4-12,21H,1-3H3. The van der Waals surface area contributed by atoms with Gasteiger partial charge in [-0.25, -0.2) is 13.4 Å². The van der Waals surface area contributed by atoms with Crippen molar-refractivity contribution >= 4 is 44.4 Å². The first-order chi connectivity index (χ1) is 12.8. The van der Waals surface area contributed by atoms with E-state index in [1.54, 1.807) is 24.3 Å². The van der Waals surface area contributed by atoms with E-state index in [0.29, 0.717) is 20.3 Å². The van der Waals surface area contributed by atoms with Crippen molar-refractivity contribution in [1.82, 2.24) is 4.98 Å². The lowest BCUT2D eigenvalue weighted by molar-refractivity contribution is 0.601. The van der Waals surface area contributed by atoms with Crippen molar-refractivity contribution in [2.45, 2.75) is 11.8 Å². The minimum Gasteiger partial charge on any atom is -0.362 e. The molecule has 0 spiro atoms. The van der Waals surface area contributed by atoms with Gasteiger partial charge in [-0.1, -0.05) is 59.4 Å². The Labute approximate surface area is 168 Å². The van der Waals surface area contributed by atoms with Crippen molar-refractivity contribution in [3.05, 3.63) is 64.1 Å². The summed E-state index contributed by atoms with van der Waals surface area (Å²) in [6, 6.07) is 16.3. The number of aryl methyl sites for hydroxylation is 1. The van der Waals surface area contributed by atoms with Crippen LogP contribution in [0.25, 0.3) is 11.1 Å². The lowest BCUT2D eigenvalue weighted by Gasteiger charge is -2.19. The summed E-state index contributed by atoms with van der Waals surface area (Å²) in [6.07, 6.45) is 0. The maximum absolute atomic E-state index is 12.9. The molecular formula is C19H19N3O2S3. The maximum atomic E-state index is 12.9. The van der Waals surface area contributed by atoms with Gasteiger partial charge in [-0.15, -0.1) is 0 Å². The summed E-state index contributed by atoms with van der Waals surface area (Å²) in [7, 11) is -0.0447. The lowest BCUT2D eigenvalue weighted by atomic mass is 10.1. The van der Waals surface area contributed by atoms with Gasteiger partial charge in [0.15, 0.2) is 3.95 Å². The highest BCUT2D eigenvalue weighted by atomic mass is 32.2. The molecule has 1 heterocycles. The Bertz CT molecular complexity index is 1110. The van der Waals surface area contributed by atoms with Crippen LogP contribution in [0, 0.1) is 10.9 Å². The predicted molar refractivity (Wildman–Crippen MR) is 115 cm³/mol. The summed E-state index contributed by atoms with van der Waals surface area (Å²) < 4.78 is 28.9. The maximum Gasteiger partial charge on any atom is 0.262 e. The Morgan fingerprint density at radius 2 is 1.67 bits per heavy atom. The first-order valence-electron chi connectivity index (χ1n) is 8.15. The Morgan fingerprint density at radius 3 is 2.26 bits per heavy atom. The van der Waals surface area contributed by atoms with Gasteiger partial charge in [-0.3, -0.25) is 4.72 Å². The summed E-state index contributed by atoms with van der Waals surface area (Å²) in [5, 5.41) is 0.450. The molecule has 8 heteroatoms. The van der Waals surface area contributed by atoms with Crippen LogP contribution >= 0.6 is 23.6 Å². The molecule has 0 radical (unpaired) electrons. The minimum absolute atomic E-state index is 0.202. The minimum atomic E-state index is -3.75. The third-order valence-corrected chi connectivity index (χ3v) is 6.49. The van der Waals surface area contributed by atoms with Crippen LogP contribution in [-0.4, -0.2) is 27.5 Å². The zero-order valence-electron chi connectivity index (χ0n) is 15.1. The van der Waals surface area contributed by atoms with Gasteiger partial charge in [0.2, 0.25) is 0 Å². The van der Waals surface area contributed by atoms with E-state index in [4.69, 9.17) is 12.2 Å². The first kappa shape index (κ1) is 19.5. The number of nitrogens with one attached hydrogen (secondary N) is 1. The zero-order chi connectivity index (χ0) is 19.6. The quantitative estimate of drug-likeness (QED) is 0.609. The van der Waals surface area contributed by atoms with E-state index < -0.39 is 10.0 Å². The molecule has 5 nitrogen and oxygen atoms in total. The molecule has 2 aromatic carbocycles. The van der Waals surface area contributed by atoms with Crippen LogP contribution in [0.1, 0.15) is 5.56 Å². The second-order valence-electron chi connectivity index (χ2n) is 6.19. The van der Waals surface area contributed by atoms with Crippen molar-refractivity contribution < 1.29 is 8.42 Å². The molecular weight excluding hydrogens is 398 g/mol. The predicted octanol–water partition coefficient (Wildman–Crippen LogP) is 4.71. The van der Waals surface area contributed by atoms with Gasteiger partial charge in [-0.05, 0) is 36.8 Å². The number of benzene rings is 2. The molecule has 0 saturated carbocycles. The SMILES string of the molecule is Cc1ccc(S(=O)(=O)Nc2sc(=S)nc(N(C)C)c2-c2ccccc2)cc1. The van der Waals surface area contributed by atoms with E-state index in [-0.39, 0.29) is 4.90 Å². The largest absolute Gasteiger partial charge is 0.362 e. The molecule has 0 bridgehead atoms. The Balaban J connectivity index is 2.18. The molecule has 27 heavy (non-hydrogen) atoms. The number of rotatable bonds is 5.